The van der Waals surface area contributed by atoms with Crippen LogP contribution in [-0.4, -0.2) is 29.7 Å². The van der Waals surface area contributed by atoms with Gasteiger partial charge in [0.1, 0.15) is 5.75 Å². The topological polar surface area (TPSA) is 69.7 Å². The molecule has 0 saturated carbocycles. The number of carbonyl (C=O) groups is 1. The number of amides is 1. The Hall–Kier alpha value is -3.38. The molecule has 0 spiro atoms. The second-order valence-corrected chi connectivity index (χ2v) is 8.51. The summed E-state index contributed by atoms with van der Waals surface area (Å²) in [5.74, 6) is 1.71. The van der Waals surface area contributed by atoms with Crippen LogP contribution in [0.5, 0.6) is 17.2 Å². The molecule has 6 nitrogen and oxygen atoms in total. The van der Waals surface area contributed by atoms with Gasteiger partial charge in [0.05, 0.1) is 30.1 Å². The van der Waals surface area contributed by atoms with E-state index in [0.29, 0.717) is 47.2 Å². The maximum absolute atomic E-state index is 12.9. The van der Waals surface area contributed by atoms with Crippen LogP contribution in [0.15, 0.2) is 60.7 Å². The lowest BCUT2D eigenvalue weighted by molar-refractivity contribution is 0.0190. The van der Waals surface area contributed by atoms with E-state index in [-0.39, 0.29) is 18.1 Å². The largest absolute Gasteiger partial charge is 0.490 e. The number of nitrogens with zero attached hydrogens (tertiary/aromatic N) is 1. The summed E-state index contributed by atoms with van der Waals surface area (Å²) in [4.78, 5) is 17.5. The van der Waals surface area contributed by atoms with Crippen LogP contribution < -0.4 is 14.8 Å². The second-order valence-electron chi connectivity index (χ2n) is 8.51. The lowest BCUT2D eigenvalue weighted by Crippen LogP contribution is -2.18. The first-order chi connectivity index (χ1) is 16.4. The van der Waals surface area contributed by atoms with Crippen LogP contribution in [0, 0.1) is 6.92 Å². The molecule has 6 heteroatoms. The van der Waals surface area contributed by atoms with Crippen molar-refractivity contribution >= 4 is 11.6 Å². The highest BCUT2D eigenvalue weighted by molar-refractivity contribution is 6.05. The number of pyridine rings is 1. The Morgan fingerprint density at radius 2 is 1.76 bits per heavy atom. The van der Waals surface area contributed by atoms with E-state index in [4.69, 9.17) is 14.2 Å². The van der Waals surface area contributed by atoms with Crippen molar-refractivity contribution in [3.63, 3.8) is 0 Å². The highest BCUT2D eigenvalue weighted by Crippen LogP contribution is 2.32. The maximum Gasteiger partial charge on any atom is 0.257 e. The summed E-state index contributed by atoms with van der Waals surface area (Å²) < 4.78 is 17.6. The average molecular weight is 463 g/mol. The Morgan fingerprint density at radius 1 is 1.00 bits per heavy atom. The number of benzene rings is 2. The molecule has 0 bridgehead atoms. The van der Waals surface area contributed by atoms with Crippen LogP contribution in [0.1, 0.15) is 55.9 Å². The molecule has 3 aromatic rings. The van der Waals surface area contributed by atoms with E-state index in [9.17, 15) is 4.79 Å². The molecule has 3 rings (SSSR count). The highest BCUT2D eigenvalue weighted by atomic mass is 16.5. The van der Waals surface area contributed by atoms with Gasteiger partial charge >= 0.3 is 0 Å². The van der Waals surface area contributed by atoms with Crippen molar-refractivity contribution < 1.29 is 19.0 Å². The fourth-order valence-electron chi connectivity index (χ4n) is 3.60. The lowest BCUT2D eigenvalue weighted by Gasteiger charge is -2.16. The maximum atomic E-state index is 12.9. The molecule has 1 unspecified atom stereocenters. The van der Waals surface area contributed by atoms with Crippen molar-refractivity contribution in [3.8, 4) is 17.2 Å². The van der Waals surface area contributed by atoms with Gasteiger partial charge in [0.2, 0.25) is 0 Å². The van der Waals surface area contributed by atoms with E-state index in [0.717, 1.165) is 12.1 Å². The number of aromatic nitrogens is 1. The van der Waals surface area contributed by atoms with Crippen molar-refractivity contribution in [2.45, 2.75) is 59.7 Å². The van der Waals surface area contributed by atoms with Gasteiger partial charge in [-0.2, -0.15) is 0 Å². The quantitative estimate of drug-likeness (QED) is 0.349. The number of hydrogen-bond donors (Lipinski definition) is 1. The Bertz CT molecular complexity index is 1100. The normalized spacial score (nSPS) is 11.8. The summed E-state index contributed by atoms with van der Waals surface area (Å²) in [5.41, 5.74) is 2.76. The van der Waals surface area contributed by atoms with Crippen LogP contribution in [0.3, 0.4) is 0 Å². The Balaban J connectivity index is 1.68. The third-order valence-electron chi connectivity index (χ3n) is 5.02. The van der Waals surface area contributed by atoms with Crippen LogP contribution in [0.2, 0.25) is 0 Å². The minimum Gasteiger partial charge on any atom is -0.490 e. The molecule has 0 saturated heterocycles. The van der Waals surface area contributed by atoms with Crippen LogP contribution in [0.4, 0.5) is 5.69 Å². The molecule has 1 amide bonds. The predicted molar refractivity (Wildman–Crippen MR) is 135 cm³/mol. The summed E-state index contributed by atoms with van der Waals surface area (Å²) in [5, 5.41) is 2.95. The van der Waals surface area contributed by atoms with Gasteiger partial charge in [-0.1, -0.05) is 25.1 Å². The molecular formula is C28H34N2O4. The minimum atomic E-state index is -0.216. The van der Waals surface area contributed by atoms with Gasteiger partial charge in [-0.25, -0.2) is 0 Å². The van der Waals surface area contributed by atoms with Crippen molar-refractivity contribution in [2.75, 3.05) is 11.9 Å². The Morgan fingerprint density at radius 3 is 2.47 bits per heavy atom. The number of anilines is 1. The zero-order valence-corrected chi connectivity index (χ0v) is 20.6. The van der Waals surface area contributed by atoms with Crippen LogP contribution in [0.25, 0.3) is 0 Å². The fourth-order valence-corrected chi connectivity index (χ4v) is 3.60. The molecule has 1 atom stereocenters. The number of carbonyl (C=O) groups excluding carboxylic acids is 1. The SMILES string of the molecule is CCCOc1ccccc1Oc1cccc(NC(=O)c2ccc(CC(C)OC(C)C)nc2C)c1. The Labute approximate surface area is 202 Å². The van der Waals surface area contributed by atoms with Crippen LogP contribution in [-0.2, 0) is 11.2 Å². The van der Waals surface area contributed by atoms with E-state index >= 15 is 0 Å². The van der Waals surface area contributed by atoms with Crippen molar-refractivity contribution in [1.82, 2.24) is 4.98 Å². The fraction of sp³-hybridized carbons (Fsp3) is 0.357. The third-order valence-corrected chi connectivity index (χ3v) is 5.02. The van der Waals surface area contributed by atoms with Gasteiger partial charge in [-0.15, -0.1) is 0 Å². The molecule has 34 heavy (non-hydrogen) atoms. The van der Waals surface area contributed by atoms with Gasteiger partial charge in [-0.3, -0.25) is 9.78 Å². The summed E-state index contributed by atoms with van der Waals surface area (Å²) in [6, 6.07) is 18.5. The average Bonchev–Trinajstić information content (AvgIpc) is 2.78. The van der Waals surface area contributed by atoms with E-state index in [1.54, 1.807) is 6.07 Å². The molecule has 0 aliphatic carbocycles. The van der Waals surface area contributed by atoms with Gasteiger partial charge in [0.15, 0.2) is 11.5 Å². The van der Waals surface area contributed by atoms with E-state index in [1.807, 2.05) is 82.3 Å². The smallest absolute Gasteiger partial charge is 0.257 e. The molecule has 1 heterocycles. The summed E-state index contributed by atoms with van der Waals surface area (Å²) >= 11 is 0. The van der Waals surface area contributed by atoms with E-state index in [2.05, 4.69) is 17.2 Å². The Kier molecular flexibility index (Phi) is 9.05. The van der Waals surface area contributed by atoms with Gasteiger partial charge in [0, 0.05) is 23.9 Å². The zero-order chi connectivity index (χ0) is 24.5. The highest BCUT2D eigenvalue weighted by Gasteiger charge is 2.14. The zero-order valence-electron chi connectivity index (χ0n) is 20.6. The minimum absolute atomic E-state index is 0.0619. The molecular weight excluding hydrogens is 428 g/mol. The standard InChI is InChI=1S/C28H34N2O4/c1-6-16-32-26-12-7-8-13-27(26)34-24-11-9-10-22(18-24)30-28(31)25-15-14-23(29-21(25)5)17-20(4)33-19(2)3/h7-15,18-20H,6,16-17H2,1-5H3,(H,30,31). The van der Waals surface area contributed by atoms with Crippen molar-refractivity contribution in [2.24, 2.45) is 0 Å². The first-order valence-electron chi connectivity index (χ1n) is 11.8. The summed E-state index contributed by atoms with van der Waals surface area (Å²) in [6.45, 7) is 10.6. The van der Waals surface area contributed by atoms with Crippen molar-refractivity contribution in [3.05, 3.63) is 77.6 Å². The third kappa shape index (κ3) is 7.32. The van der Waals surface area contributed by atoms with Crippen molar-refractivity contribution in [1.29, 1.82) is 0 Å². The first kappa shape index (κ1) is 25.2. The molecule has 0 aliphatic heterocycles. The molecule has 180 valence electrons. The lowest BCUT2D eigenvalue weighted by atomic mass is 10.1. The summed E-state index contributed by atoms with van der Waals surface area (Å²) in [6.07, 6.45) is 1.84. The molecule has 0 radical (unpaired) electrons. The first-order valence-corrected chi connectivity index (χ1v) is 11.8. The monoisotopic (exact) mass is 462 g/mol. The number of para-hydroxylation sites is 2. The van der Waals surface area contributed by atoms with E-state index < -0.39 is 0 Å². The van der Waals surface area contributed by atoms with Gasteiger partial charge < -0.3 is 19.5 Å². The number of nitrogens with one attached hydrogen (secondary N) is 1. The second kappa shape index (κ2) is 12.2. The number of ether oxygens (including phenoxy) is 3. The molecule has 1 aromatic heterocycles. The molecule has 0 aliphatic rings. The number of aryl methyl sites for hydroxylation is 1. The van der Waals surface area contributed by atoms with Gasteiger partial charge in [-0.05, 0) is 70.5 Å². The molecule has 2 aromatic carbocycles. The van der Waals surface area contributed by atoms with Gasteiger partial charge in [0.25, 0.3) is 5.91 Å². The summed E-state index contributed by atoms with van der Waals surface area (Å²) in [7, 11) is 0. The predicted octanol–water partition coefficient (Wildman–Crippen LogP) is 6.58. The number of rotatable bonds is 11. The van der Waals surface area contributed by atoms with Crippen LogP contribution >= 0.6 is 0 Å². The molecule has 0 fully saturated rings. The van der Waals surface area contributed by atoms with E-state index in [1.165, 1.54) is 0 Å². The molecule has 1 N–H and O–H groups in total. The number of hydrogen-bond acceptors (Lipinski definition) is 5.